The number of nitrogens with one attached hydrogen (secondary N) is 1. The number of aromatic carboxylic acids is 1. The Bertz CT molecular complexity index is 660. The Labute approximate surface area is 117 Å². The number of anilines is 1. The highest BCUT2D eigenvalue weighted by atomic mass is 16.4. The van der Waals surface area contributed by atoms with E-state index in [1.54, 1.807) is 0 Å². The van der Waals surface area contributed by atoms with Gasteiger partial charge in [0.25, 0.3) is 5.91 Å². The largest absolute Gasteiger partial charge is 0.478 e. The van der Waals surface area contributed by atoms with Gasteiger partial charge >= 0.3 is 5.97 Å². The fourth-order valence-electron chi connectivity index (χ4n) is 1.85. The fraction of sp³-hybridized carbons (Fsp3) is 0.125. The predicted octanol–water partition coefficient (Wildman–Crippen LogP) is 3.25. The van der Waals surface area contributed by atoms with Crippen LogP contribution in [0.4, 0.5) is 5.69 Å². The number of rotatable bonds is 3. The second-order valence-corrected chi connectivity index (χ2v) is 4.58. The molecule has 0 radical (unpaired) electrons. The molecule has 0 saturated carbocycles. The second-order valence-electron chi connectivity index (χ2n) is 4.58. The Morgan fingerprint density at radius 2 is 1.55 bits per heavy atom. The maximum Gasteiger partial charge on any atom is 0.335 e. The number of amides is 1. The van der Waals surface area contributed by atoms with Crippen molar-refractivity contribution in [3.8, 4) is 0 Å². The van der Waals surface area contributed by atoms with Gasteiger partial charge in [-0.2, -0.15) is 0 Å². The standard InChI is InChI=1S/C16H15NO3/c1-10-4-3-5-14(11(10)2)17-15(18)12-6-8-13(9-7-12)16(19)20/h3-9H,1-2H3,(H,17,18)(H,19,20). The van der Waals surface area contributed by atoms with Gasteiger partial charge in [-0.3, -0.25) is 4.79 Å². The van der Waals surface area contributed by atoms with Crippen LogP contribution in [0.3, 0.4) is 0 Å². The maximum absolute atomic E-state index is 12.1. The van der Waals surface area contributed by atoms with Gasteiger partial charge in [-0.15, -0.1) is 0 Å². The van der Waals surface area contributed by atoms with Crippen LogP contribution >= 0.6 is 0 Å². The quantitative estimate of drug-likeness (QED) is 0.898. The number of carbonyl (C=O) groups excluding carboxylic acids is 1. The zero-order chi connectivity index (χ0) is 14.7. The average Bonchev–Trinajstić information content (AvgIpc) is 2.44. The van der Waals surface area contributed by atoms with Crippen LogP contribution in [-0.2, 0) is 0 Å². The minimum Gasteiger partial charge on any atom is -0.478 e. The molecule has 0 atom stereocenters. The molecule has 4 nitrogen and oxygen atoms in total. The molecule has 2 rings (SSSR count). The van der Waals surface area contributed by atoms with Crippen LogP contribution in [-0.4, -0.2) is 17.0 Å². The van der Waals surface area contributed by atoms with Crippen molar-refractivity contribution in [2.75, 3.05) is 5.32 Å². The van der Waals surface area contributed by atoms with Gasteiger partial charge in [0, 0.05) is 11.3 Å². The smallest absolute Gasteiger partial charge is 0.335 e. The van der Waals surface area contributed by atoms with Crippen molar-refractivity contribution in [2.45, 2.75) is 13.8 Å². The van der Waals surface area contributed by atoms with Gasteiger partial charge in [-0.1, -0.05) is 12.1 Å². The number of carboxylic acid groups (broad SMARTS) is 1. The van der Waals surface area contributed by atoms with E-state index in [1.165, 1.54) is 24.3 Å². The highest BCUT2D eigenvalue weighted by Crippen LogP contribution is 2.19. The van der Waals surface area contributed by atoms with Crippen molar-refractivity contribution >= 4 is 17.6 Å². The predicted molar refractivity (Wildman–Crippen MR) is 77.3 cm³/mol. The summed E-state index contributed by atoms with van der Waals surface area (Å²) in [5, 5.41) is 11.6. The molecule has 0 aliphatic carbocycles. The van der Waals surface area contributed by atoms with Gasteiger partial charge in [0.05, 0.1) is 5.56 Å². The average molecular weight is 269 g/mol. The van der Waals surface area contributed by atoms with Crippen LogP contribution in [0.25, 0.3) is 0 Å². The summed E-state index contributed by atoms with van der Waals surface area (Å²) in [7, 11) is 0. The fourth-order valence-corrected chi connectivity index (χ4v) is 1.85. The lowest BCUT2D eigenvalue weighted by Gasteiger charge is -2.10. The molecule has 0 aliphatic heterocycles. The molecule has 20 heavy (non-hydrogen) atoms. The first-order valence-corrected chi connectivity index (χ1v) is 6.20. The molecule has 4 heteroatoms. The second kappa shape index (κ2) is 5.57. The van der Waals surface area contributed by atoms with Gasteiger partial charge in [0.2, 0.25) is 0 Å². The van der Waals surface area contributed by atoms with E-state index in [0.717, 1.165) is 16.8 Å². The summed E-state index contributed by atoms with van der Waals surface area (Å²) in [4.78, 5) is 22.9. The first-order valence-electron chi connectivity index (χ1n) is 6.20. The minimum atomic E-state index is -1.01. The van der Waals surface area contributed by atoms with E-state index in [4.69, 9.17) is 5.11 Å². The number of aryl methyl sites for hydroxylation is 1. The van der Waals surface area contributed by atoms with Crippen LogP contribution < -0.4 is 5.32 Å². The molecule has 0 bridgehead atoms. The summed E-state index contributed by atoms with van der Waals surface area (Å²) in [5.41, 5.74) is 3.47. The molecular weight excluding hydrogens is 254 g/mol. The molecule has 2 aromatic rings. The van der Waals surface area contributed by atoms with E-state index >= 15 is 0 Å². The van der Waals surface area contributed by atoms with Crippen molar-refractivity contribution in [2.24, 2.45) is 0 Å². The Hall–Kier alpha value is -2.62. The van der Waals surface area contributed by atoms with Crippen LogP contribution in [0.2, 0.25) is 0 Å². The minimum absolute atomic E-state index is 0.160. The molecule has 102 valence electrons. The van der Waals surface area contributed by atoms with E-state index in [1.807, 2.05) is 32.0 Å². The molecule has 0 unspecified atom stereocenters. The summed E-state index contributed by atoms with van der Waals surface area (Å²) in [6.45, 7) is 3.92. The lowest BCUT2D eigenvalue weighted by molar-refractivity contribution is 0.0696. The number of carbonyl (C=O) groups is 2. The van der Waals surface area contributed by atoms with Crippen molar-refractivity contribution in [1.29, 1.82) is 0 Å². The van der Waals surface area contributed by atoms with Crippen LogP contribution in [0.15, 0.2) is 42.5 Å². The van der Waals surface area contributed by atoms with Crippen molar-refractivity contribution in [3.63, 3.8) is 0 Å². The molecule has 0 spiro atoms. The van der Waals surface area contributed by atoms with Crippen LogP contribution in [0, 0.1) is 13.8 Å². The van der Waals surface area contributed by atoms with Crippen molar-refractivity contribution in [1.82, 2.24) is 0 Å². The summed E-state index contributed by atoms with van der Waals surface area (Å²) >= 11 is 0. The van der Waals surface area contributed by atoms with Gasteiger partial charge in [0.15, 0.2) is 0 Å². The first kappa shape index (κ1) is 13.8. The normalized spacial score (nSPS) is 10.1. The third-order valence-electron chi connectivity index (χ3n) is 3.25. The summed E-state index contributed by atoms with van der Waals surface area (Å²) in [5.74, 6) is -1.26. The summed E-state index contributed by atoms with van der Waals surface area (Å²) in [6, 6.07) is 11.5. The van der Waals surface area contributed by atoms with E-state index in [2.05, 4.69) is 5.32 Å². The van der Waals surface area contributed by atoms with Gasteiger partial charge in [-0.25, -0.2) is 4.79 Å². The third-order valence-corrected chi connectivity index (χ3v) is 3.25. The lowest BCUT2D eigenvalue weighted by Crippen LogP contribution is -2.13. The first-order chi connectivity index (χ1) is 9.49. The Kier molecular flexibility index (Phi) is 3.84. The van der Waals surface area contributed by atoms with Gasteiger partial charge in [-0.05, 0) is 55.3 Å². The SMILES string of the molecule is Cc1cccc(NC(=O)c2ccc(C(=O)O)cc2)c1C. The van der Waals surface area contributed by atoms with Gasteiger partial charge < -0.3 is 10.4 Å². The Morgan fingerprint density at radius 1 is 0.950 bits per heavy atom. The summed E-state index contributed by atoms with van der Waals surface area (Å²) < 4.78 is 0. The molecule has 2 aromatic carbocycles. The van der Waals surface area contributed by atoms with Crippen LogP contribution in [0.5, 0.6) is 0 Å². The third kappa shape index (κ3) is 2.85. The molecule has 0 heterocycles. The number of carboxylic acids is 1. The highest BCUT2D eigenvalue weighted by Gasteiger charge is 2.09. The van der Waals surface area contributed by atoms with E-state index < -0.39 is 5.97 Å². The number of benzene rings is 2. The molecule has 0 saturated heterocycles. The van der Waals surface area contributed by atoms with E-state index in [0.29, 0.717) is 5.56 Å². The van der Waals surface area contributed by atoms with Crippen LogP contribution in [0.1, 0.15) is 31.8 Å². The Morgan fingerprint density at radius 3 is 2.15 bits per heavy atom. The molecule has 0 fully saturated rings. The summed E-state index contributed by atoms with van der Waals surface area (Å²) in [6.07, 6.45) is 0. The number of hydrogen-bond donors (Lipinski definition) is 2. The Balaban J connectivity index is 2.20. The molecule has 1 amide bonds. The highest BCUT2D eigenvalue weighted by molar-refractivity contribution is 6.05. The topological polar surface area (TPSA) is 66.4 Å². The zero-order valence-electron chi connectivity index (χ0n) is 11.3. The molecule has 0 aromatic heterocycles. The number of hydrogen-bond acceptors (Lipinski definition) is 2. The molecule has 2 N–H and O–H groups in total. The van der Waals surface area contributed by atoms with Crippen molar-refractivity contribution in [3.05, 3.63) is 64.7 Å². The van der Waals surface area contributed by atoms with E-state index in [9.17, 15) is 9.59 Å². The van der Waals surface area contributed by atoms with Gasteiger partial charge in [0.1, 0.15) is 0 Å². The maximum atomic E-state index is 12.1. The van der Waals surface area contributed by atoms with Crippen molar-refractivity contribution < 1.29 is 14.7 Å². The molecule has 0 aliphatic rings. The monoisotopic (exact) mass is 269 g/mol. The zero-order valence-corrected chi connectivity index (χ0v) is 11.3. The molecular formula is C16H15NO3. The van der Waals surface area contributed by atoms with E-state index in [-0.39, 0.29) is 11.5 Å². The lowest BCUT2D eigenvalue weighted by atomic mass is 10.1.